The number of fused-ring (bicyclic) bond motifs is 4. The Morgan fingerprint density at radius 1 is 0.962 bits per heavy atom. The minimum Gasteiger partial charge on any atom is -0.294 e. The summed E-state index contributed by atoms with van der Waals surface area (Å²) in [6.45, 7) is 4.08. The molecule has 0 fully saturated rings. The lowest BCUT2D eigenvalue weighted by molar-refractivity contribution is 0.0962. The molecule has 2 heterocycles. The summed E-state index contributed by atoms with van der Waals surface area (Å²) in [4.78, 5) is 22.4. The predicted molar refractivity (Wildman–Crippen MR) is 102 cm³/mol. The van der Waals surface area contributed by atoms with Crippen molar-refractivity contribution in [3.63, 3.8) is 0 Å². The fourth-order valence-electron chi connectivity index (χ4n) is 4.13. The fraction of sp³-hybridized carbons (Fsp3) is 0.227. The second-order valence-corrected chi connectivity index (χ2v) is 7.19. The van der Waals surface area contributed by atoms with Crippen LogP contribution in [0.25, 0.3) is 16.8 Å². The summed E-state index contributed by atoms with van der Waals surface area (Å²) >= 11 is 0. The molecular weight excluding hydrogens is 322 g/mol. The molecular formula is C22H19N3O. The van der Waals surface area contributed by atoms with E-state index in [2.05, 4.69) is 36.2 Å². The van der Waals surface area contributed by atoms with E-state index in [0.717, 1.165) is 34.4 Å². The van der Waals surface area contributed by atoms with Crippen molar-refractivity contribution in [3.05, 3.63) is 76.6 Å². The lowest BCUT2D eigenvalue weighted by atomic mass is 9.81. The Hall–Kier alpha value is -3.01. The fourth-order valence-corrected chi connectivity index (χ4v) is 4.13. The molecule has 4 heteroatoms. The molecule has 4 nitrogen and oxygen atoms in total. The van der Waals surface area contributed by atoms with E-state index >= 15 is 0 Å². The van der Waals surface area contributed by atoms with Gasteiger partial charge in [-0.25, -0.2) is 9.97 Å². The number of carbonyl (C=O) groups excluding carboxylic acids is 1. The molecule has 26 heavy (non-hydrogen) atoms. The Morgan fingerprint density at radius 3 is 2.54 bits per heavy atom. The number of aryl methyl sites for hydroxylation is 2. The molecule has 0 spiro atoms. The van der Waals surface area contributed by atoms with E-state index in [-0.39, 0.29) is 11.7 Å². The van der Waals surface area contributed by atoms with E-state index in [1.165, 1.54) is 11.1 Å². The van der Waals surface area contributed by atoms with Crippen LogP contribution in [0, 0.1) is 13.8 Å². The molecule has 0 radical (unpaired) electrons. The first-order valence-corrected chi connectivity index (χ1v) is 8.98. The van der Waals surface area contributed by atoms with Crippen molar-refractivity contribution in [1.29, 1.82) is 0 Å². The van der Waals surface area contributed by atoms with E-state index < -0.39 is 0 Å². The summed E-state index contributed by atoms with van der Waals surface area (Å²) in [6, 6.07) is 16.5. The van der Waals surface area contributed by atoms with Crippen LogP contribution in [0.5, 0.6) is 0 Å². The van der Waals surface area contributed by atoms with E-state index in [1.54, 1.807) is 0 Å². The van der Waals surface area contributed by atoms with Gasteiger partial charge in [-0.2, -0.15) is 0 Å². The van der Waals surface area contributed by atoms with Gasteiger partial charge >= 0.3 is 0 Å². The van der Waals surface area contributed by atoms with Gasteiger partial charge in [-0.05, 0) is 43.9 Å². The van der Waals surface area contributed by atoms with Gasteiger partial charge in [0.1, 0.15) is 0 Å². The van der Waals surface area contributed by atoms with Gasteiger partial charge in [-0.15, -0.1) is 0 Å². The van der Waals surface area contributed by atoms with Crippen LogP contribution in [0.2, 0.25) is 0 Å². The maximum atomic E-state index is 13.0. The highest BCUT2D eigenvalue weighted by atomic mass is 16.1. The summed E-state index contributed by atoms with van der Waals surface area (Å²) in [5.74, 6) is 1.05. The normalized spacial score (nSPS) is 17.0. The zero-order valence-electron chi connectivity index (χ0n) is 14.9. The molecule has 2 aromatic carbocycles. The molecule has 0 unspecified atom stereocenters. The summed E-state index contributed by atoms with van der Waals surface area (Å²) in [6.07, 6.45) is 1.32. The first kappa shape index (κ1) is 15.3. The lowest BCUT2D eigenvalue weighted by Crippen LogP contribution is -2.23. The number of aromatic nitrogens is 3. The average Bonchev–Trinajstić information content (AvgIpc) is 3.00. The highest BCUT2D eigenvalue weighted by Gasteiger charge is 2.30. The van der Waals surface area contributed by atoms with E-state index in [4.69, 9.17) is 4.98 Å². The molecule has 2 aromatic heterocycles. The monoisotopic (exact) mass is 341 g/mol. The van der Waals surface area contributed by atoms with Crippen molar-refractivity contribution in [2.24, 2.45) is 0 Å². The highest BCUT2D eigenvalue weighted by molar-refractivity contribution is 6.00. The summed E-state index contributed by atoms with van der Waals surface area (Å²) in [5, 5.41) is 0. The quantitative estimate of drug-likeness (QED) is 0.515. The third-order valence-corrected chi connectivity index (χ3v) is 5.46. The topological polar surface area (TPSA) is 47.3 Å². The largest absolute Gasteiger partial charge is 0.294 e. The van der Waals surface area contributed by atoms with Crippen LogP contribution in [0.15, 0.2) is 48.5 Å². The van der Waals surface area contributed by atoms with Crippen LogP contribution in [0.3, 0.4) is 0 Å². The minimum absolute atomic E-state index is 0.182. The third kappa shape index (κ3) is 2.18. The SMILES string of the molecule is Cc1ccc([C@@H]2CC(=O)c3c(nc4nc5ccccc5n4c3C)C2)cc1. The van der Waals surface area contributed by atoms with E-state index in [9.17, 15) is 4.79 Å². The first-order chi connectivity index (χ1) is 12.6. The molecule has 0 bridgehead atoms. The first-order valence-electron chi connectivity index (χ1n) is 8.98. The molecule has 1 aliphatic rings. The van der Waals surface area contributed by atoms with Crippen molar-refractivity contribution in [2.75, 3.05) is 0 Å². The highest BCUT2D eigenvalue weighted by Crippen LogP contribution is 2.34. The van der Waals surface area contributed by atoms with Gasteiger partial charge in [0.15, 0.2) is 5.78 Å². The Bertz CT molecular complexity index is 1170. The van der Waals surface area contributed by atoms with Gasteiger partial charge < -0.3 is 0 Å². The maximum Gasteiger partial charge on any atom is 0.235 e. The van der Waals surface area contributed by atoms with Crippen molar-refractivity contribution in [1.82, 2.24) is 14.4 Å². The van der Waals surface area contributed by atoms with Gasteiger partial charge in [-0.3, -0.25) is 9.20 Å². The van der Waals surface area contributed by atoms with E-state index in [1.807, 2.05) is 35.6 Å². The third-order valence-electron chi connectivity index (χ3n) is 5.46. The van der Waals surface area contributed by atoms with Gasteiger partial charge in [0.2, 0.25) is 5.78 Å². The van der Waals surface area contributed by atoms with Gasteiger partial charge in [0.05, 0.1) is 22.3 Å². The molecule has 128 valence electrons. The Balaban J connectivity index is 1.68. The van der Waals surface area contributed by atoms with Gasteiger partial charge in [-0.1, -0.05) is 42.0 Å². The van der Waals surface area contributed by atoms with Crippen LogP contribution >= 0.6 is 0 Å². The smallest absolute Gasteiger partial charge is 0.235 e. The number of carbonyl (C=O) groups is 1. The number of nitrogens with zero attached hydrogens (tertiary/aromatic N) is 3. The molecule has 1 aliphatic carbocycles. The molecule has 0 amide bonds. The zero-order valence-corrected chi connectivity index (χ0v) is 14.9. The Labute approximate surface area is 151 Å². The van der Waals surface area contributed by atoms with E-state index in [0.29, 0.717) is 12.2 Å². The van der Waals surface area contributed by atoms with Crippen molar-refractivity contribution in [3.8, 4) is 0 Å². The number of hydrogen-bond acceptors (Lipinski definition) is 3. The molecule has 1 atom stereocenters. The number of Topliss-reactive ketones (excluding diaryl/α,β-unsaturated/α-hetero) is 1. The van der Waals surface area contributed by atoms with Crippen molar-refractivity contribution < 1.29 is 4.79 Å². The molecule has 0 aliphatic heterocycles. The Morgan fingerprint density at radius 2 is 1.73 bits per heavy atom. The zero-order chi connectivity index (χ0) is 17.8. The molecule has 0 N–H and O–H groups in total. The maximum absolute atomic E-state index is 13.0. The van der Waals surface area contributed by atoms with Crippen LogP contribution in [-0.2, 0) is 6.42 Å². The Kier molecular flexibility index (Phi) is 3.23. The van der Waals surface area contributed by atoms with Crippen molar-refractivity contribution >= 4 is 22.6 Å². The molecule has 4 aromatic rings. The van der Waals surface area contributed by atoms with Crippen LogP contribution < -0.4 is 0 Å². The predicted octanol–water partition coefficient (Wildman–Crippen LogP) is 4.41. The second kappa shape index (κ2) is 5.49. The number of benzene rings is 2. The van der Waals surface area contributed by atoms with Gasteiger partial charge in [0, 0.05) is 12.1 Å². The van der Waals surface area contributed by atoms with Gasteiger partial charge in [0.25, 0.3) is 0 Å². The lowest BCUT2D eigenvalue weighted by Gasteiger charge is -2.25. The minimum atomic E-state index is 0.182. The number of imidazole rings is 1. The summed E-state index contributed by atoms with van der Waals surface area (Å²) in [5.41, 5.74) is 6.97. The molecule has 5 rings (SSSR count). The van der Waals surface area contributed by atoms with Crippen LogP contribution in [0.4, 0.5) is 0 Å². The summed E-state index contributed by atoms with van der Waals surface area (Å²) < 4.78 is 2.01. The molecule has 0 saturated heterocycles. The van der Waals surface area contributed by atoms with Crippen LogP contribution in [0.1, 0.15) is 45.2 Å². The summed E-state index contributed by atoms with van der Waals surface area (Å²) in [7, 11) is 0. The van der Waals surface area contributed by atoms with Crippen LogP contribution in [-0.4, -0.2) is 20.2 Å². The standard InChI is InChI=1S/C22H19N3O/c1-13-7-9-15(10-8-13)16-11-18-21(20(26)12-16)14(2)25-19-6-4-3-5-17(19)23-22(25)24-18/h3-10,16H,11-12H2,1-2H3/t16-/m0/s1. The van der Waals surface area contributed by atoms with Crippen molar-refractivity contribution in [2.45, 2.75) is 32.6 Å². The number of para-hydroxylation sites is 2. The number of ketones is 1. The molecule has 0 saturated carbocycles. The average molecular weight is 341 g/mol. The number of hydrogen-bond donors (Lipinski definition) is 0. The second-order valence-electron chi connectivity index (χ2n) is 7.19. The number of rotatable bonds is 1.